The first kappa shape index (κ1) is 18.0. The summed E-state index contributed by atoms with van der Waals surface area (Å²) < 4.78 is 0. The zero-order valence-electron chi connectivity index (χ0n) is 15.4. The van der Waals surface area contributed by atoms with Crippen molar-refractivity contribution < 1.29 is 9.59 Å². The molecule has 0 unspecified atom stereocenters. The molecule has 138 valence electrons. The number of aromatic nitrogens is 2. The van der Waals surface area contributed by atoms with E-state index in [0.717, 1.165) is 22.2 Å². The molecule has 0 aliphatic rings. The lowest BCUT2D eigenvalue weighted by Gasteiger charge is -2.07. The number of nitrogens with one attached hydrogen (secondary N) is 1. The van der Waals surface area contributed by atoms with Crippen molar-refractivity contribution in [2.45, 2.75) is 13.8 Å². The fourth-order valence-corrected chi connectivity index (χ4v) is 3.94. The number of carbonyl (C=O) groups is 2. The number of para-hydroxylation sites is 1. The standard InChI is InChI=1S/C22H17N3O2S/c1-13-12-17(16-10-6-7-11-18(16)23-13)21(27)25-22-24-19(20(28-22)14(2)26)15-8-4-3-5-9-15/h3-12H,1-2H3,(H,24,25,27). The number of benzene rings is 2. The molecule has 1 amide bonds. The fourth-order valence-electron chi connectivity index (χ4n) is 3.06. The maximum Gasteiger partial charge on any atom is 0.258 e. The van der Waals surface area contributed by atoms with Crippen LogP contribution >= 0.6 is 11.3 Å². The molecule has 0 aliphatic heterocycles. The van der Waals surface area contributed by atoms with Crippen molar-refractivity contribution in [1.82, 2.24) is 9.97 Å². The lowest BCUT2D eigenvalue weighted by atomic mass is 10.1. The summed E-state index contributed by atoms with van der Waals surface area (Å²) in [6.07, 6.45) is 0. The fraction of sp³-hybridized carbons (Fsp3) is 0.0909. The highest BCUT2D eigenvalue weighted by Crippen LogP contribution is 2.32. The molecule has 28 heavy (non-hydrogen) atoms. The number of thiazole rings is 1. The number of fused-ring (bicyclic) bond motifs is 1. The van der Waals surface area contributed by atoms with Gasteiger partial charge >= 0.3 is 0 Å². The van der Waals surface area contributed by atoms with E-state index in [1.165, 1.54) is 18.3 Å². The third-order valence-electron chi connectivity index (χ3n) is 4.30. The number of pyridine rings is 1. The van der Waals surface area contributed by atoms with Gasteiger partial charge in [-0.05, 0) is 19.1 Å². The van der Waals surface area contributed by atoms with Gasteiger partial charge in [0, 0.05) is 23.6 Å². The maximum atomic E-state index is 13.0. The number of nitrogens with zero attached hydrogens (tertiary/aromatic N) is 2. The van der Waals surface area contributed by atoms with Crippen LogP contribution in [-0.2, 0) is 0 Å². The quantitative estimate of drug-likeness (QED) is 0.493. The minimum absolute atomic E-state index is 0.0814. The third kappa shape index (κ3) is 3.42. The number of rotatable bonds is 4. The van der Waals surface area contributed by atoms with E-state index < -0.39 is 0 Å². The molecule has 6 heteroatoms. The Labute approximate surface area is 166 Å². The molecule has 5 nitrogen and oxygen atoms in total. The van der Waals surface area contributed by atoms with Gasteiger partial charge in [0.25, 0.3) is 5.91 Å². The Morgan fingerprint density at radius 1 is 0.964 bits per heavy atom. The summed E-state index contributed by atoms with van der Waals surface area (Å²) in [7, 11) is 0. The number of Topliss-reactive ketones (excluding diaryl/α,β-unsaturated/α-hetero) is 1. The van der Waals surface area contributed by atoms with E-state index >= 15 is 0 Å². The molecule has 0 aliphatic carbocycles. The number of ketones is 1. The Morgan fingerprint density at radius 3 is 2.43 bits per heavy atom. The minimum atomic E-state index is -0.273. The lowest BCUT2D eigenvalue weighted by molar-refractivity contribution is 0.101. The first-order chi connectivity index (χ1) is 13.5. The van der Waals surface area contributed by atoms with Crippen LogP contribution in [0, 0.1) is 6.92 Å². The van der Waals surface area contributed by atoms with Gasteiger partial charge in [-0.25, -0.2) is 4.98 Å². The first-order valence-electron chi connectivity index (χ1n) is 8.78. The molecule has 0 saturated carbocycles. The van der Waals surface area contributed by atoms with E-state index in [1.54, 1.807) is 6.07 Å². The molecule has 0 spiro atoms. The van der Waals surface area contributed by atoms with Crippen LogP contribution in [0.1, 0.15) is 32.6 Å². The van der Waals surface area contributed by atoms with Crippen LogP contribution in [0.4, 0.5) is 5.13 Å². The number of hydrogen-bond acceptors (Lipinski definition) is 5. The number of aryl methyl sites for hydroxylation is 1. The van der Waals surface area contributed by atoms with E-state index in [2.05, 4.69) is 15.3 Å². The highest BCUT2D eigenvalue weighted by Gasteiger charge is 2.19. The van der Waals surface area contributed by atoms with Gasteiger partial charge in [0.2, 0.25) is 0 Å². The second kappa shape index (κ2) is 7.32. The summed E-state index contributed by atoms with van der Waals surface area (Å²) in [4.78, 5) is 34.5. The smallest absolute Gasteiger partial charge is 0.258 e. The zero-order valence-corrected chi connectivity index (χ0v) is 16.2. The van der Waals surface area contributed by atoms with E-state index in [9.17, 15) is 9.59 Å². The Morgan fingerprint density at radius 2 is 1.68 bits per heavy atom. The van der Waals surface area contributed by atoms with E-state index in [4.69, 9.17) is 0 Å². The Hall–Kier alpha value is -3.38. The van der Waals surface area contributed by atoms with E-state index in [1.807, 2.05) is 61.5 Å². The average molecular weight is 387 g/mol. The van der Waals surface area contributed by atoms with Gasteiger partial charge in [0.1, 0.15) is 0 Å². The zero-order chi connectivity index (χ0) is 19.7. The van der Waals surface area contributed by atoms with Crippen molar-refractivity contribution in [3.05, 3.63) is 76.8 Å². The SMILES string of the molecule is CC(=O)c1sc(NC(=O)c2cc(C)nc3ccccc23)nc1-c1ccccc1. The van der Waals surface area contributed by atoms with Gasteiger partial charge in [-0.1, -0.05) is 59.9 Å². The van der Waals surface area contributed by atoms with Gasteiger partial charge in [-0.3, -0.25) is 19.9 Å². The summed E-state index contributed by atoms with van der Waals surface area (Å²) >= 11 is 1.19. The van der Waals surface area contributed by atoms with Gasteiger partial charge in [0.15, 0.2) is 10.9 Å². The molecule has 1 N–H and O–H groups in total. The highest BCUT2D eigenvalue weighted by molar-refractivity contribution is 7.18. The molecular formula is C22H17N3O2S. The average Bonchev–Trinajstić information content (AvgIpc) is 3.12. The van der Waals surface area contributed by atoms with Gasteiger partial charge in [-0.2, -0.15) is 0 Å². The second-order valence-corrected chi connectivity index (χ2v) is 7.40. The van der Waals surface area contributed by atoms with Crippen molar-refractivity contribution >= 4 is 39.1 Å². The van der Waals surface area contributed by atoms with Crippen LogP contribution < -0.4 is 5.32 Å². The number of hydrogen-bond donors (Lipinski definition) is 1. The molecule has 4 aromatic rings. The summed E-state index contributed by atoms with van der Waals surface area (Å²) in [6.45, 7) is 3.36. The molecular weight excluding hydrogens is 370 g/mol. The lowest BCUT2D eigenvalue weighted by Crippen LogP contribution is -2.13. The highest BCUT2D eigenvalue weighted by atomic mass is 32.1. The number of carbonyl (C=O) groups excluding carboxylic acids is 2. The van der Waals surface area contributed by atoms with Crippen molar-refractivity contribution in [3.8, 4) is 11.3 Å². The largest absolute Gasteiger partial charge is 0.298 e. The number of anilines is 1. The van der Waals surface area contributed by atoms with Gasteiger partial charge < -0.3 is 0 Å². The molecule has 0 bridgehead atoms. The van der Waals surface area contributed by atoms with Gasteiger partial charge in [-0.15, -0.1) is 0 Å². The molecule has 0 saturated heterocycles. The number of amides is 1. The van der Waals surface area contributed by atoms with Crippen LogP contribution in [-0.4, -0.2) is 21.7 Å². The normalized spacial score (nSPS) is 10.8. The third-order valence-corrected chi connectivity index (χ3v) is 5.38. The monoisotopic (exact) mass is 387 g/mol. The summed E-state index contributed by atoms with van der Waals surface area (Å²) in [5.74, 6) is -0.354. The Kier molecular flexibility index (Phi) is 4.71. The first-order valence-corrected chi connectivity index (χ1v) is 9.59. The van der Waals surface area contributed by atoms with Crippen molar-refractivity contribution in [3.63, 3.8) is 0 Å². The van der Waals surface area contributed by atoms with Crippen molar-refractivity contribution in [2.24, 2.45) is 0 Å². The summed E-state index contributed by atoms with van der Waals surface area (Å²) in [5.41, 5.74) is 3.49. The predicted molar refractivity (Wildman–Crippen MR) is 112 cm³/mol. The molecule has 0 atom stereocenters. The maximum absolute atomic E-state index is 13.0. The minimum Gasteiger partial charge on any atom is -0.298 e. The second-order valence-electron chi connectivity index (χ2n) is 6.40. The van der Waals surface area contributed by atoms with Crippen LogP contribution in [0.25, 0.3) is 22.2 Å². The van der Waals surface area contributed by atoms with Gasteiger partial charge in [0.05, 0.1) is 21.7 Å². The summed E-state index contributed by atoms with van der Waals surface area (Å²) in [6, 6.07) is 18.8. The Balaban J connectivity index is 1.72. The molecule has 2 heterocycles. The van der Waals surface area contributed by atoms with Crippen LogP contribution in [0.3, 0.4) is 0 Å². The summed E-state index contributed by atoms with van der Waals surface area (Å²) in [5, 5.41) is 4.02. The molecule has 0 radical (unpaired) electrons. The predicted octanol–water partition coefficient (Wildman–Crippen LogP) is 5.12. The molecule has 0 fully saturated rings. The van der Waals surface area contributed by atoms with E-state index in [-0.39, 0.29) is 11.7 Å². The molecule has 2 aromatic carbocycles. The van der Waals surface area contributed by atoms with Crippen LogP contribution in [0.5, 0.6) is 0 Å². The van der Waals surface area contributed by atoms with Crippen LogP contribution in [0.15, 0.2) is 60.7 Å². The van der Waals surface area contributed by atoms with E-state index in [0.29, 0.717) is 21.3 Å². The Bertz CT molecular complexity index is 1200. The van der Waals surface area contributed by atoms with Crippen LogP contribution in [0.2, 0.25) is 0 Å². The molecule has 2 aromatic heterocycles. The molecule has 4 rings (SSSR count). The topological polar surface area (TPSA) is 72.0 Å². The van der Waals surface area contributed by atoms with Crippen molar-refractivity contribution in [1.29, 1.82) is 0 Å². The van der Waals surface area contributed by atoms with Crippen molar-refractivity contribution in [2.75, 3.05) is 5.32 Å².